The maximum Gasteiger partial charge on any atom is 0.357 e. The third-order valence-electron chi connectivity index (χ3n) is 3.34. The fraction of sp³-hybridized carbons (Fsp3) is 0.294. The van der Waals surface area contributed by atoms with Gasteiger partial charge in [0.1, 0.15) is 5.69 Å². The van der Waals surface area contributed by atoms with E-state index in [2.05, 4.69) is 9.97 Å². The first-order valence-electron chi connectivity index (χ1n) is 7.43. The Balaban J connectivity index is 2.15. The van der Waals surface area contributed by atoms with Crippen LogP contribution in [-0.2, 0) is 9.47 Å². The fourth-order valence-electron chi connectivity index (χ4n) is 2.35. The van der Waals surface area contributed by atoms with Crippen LogP contribution in [0.4, 0.5) is 0 Å². The van der Waals surface area contributed by atoms with Crippen molar-refractivity contribution in [2.75, 3.05) is 13.2 Å². The molecule has 0 saturated carbocycles. The molecule has 0 fully saturated rings. The van der Waals surface area contributed by atoms with Crippen LogP contribution >= 0.6 is 0 Å². The van der Waals surface area contributed by atoms with E-state index in [-0.39, 0.29) is 23.4 Å². The van der Waals surface area contributed by atoms with Gasteiger partial charge in [-0.25, -0.2) is 14.6 Å². The summed E-state index contributed by atoms with van der Waals surface area (Å²) in [7, 11) is 0. The second kappa shape index (κ2) is 7.54. The fourth-order valence-corrected chi connectivity index (χ4v) is 2.35. The van der Waals surface area contributed by atoms with Crippen molar-refractivity contribution < 1.29 is 23.9 Å². The Bertz CT molecular complexity index is 765. The van der Waals surface area contributed by atoms with Crippen LogP contribution in [0.5, 0.6) is 0 Å². The summed E-state index contributed by atoms with van der Waals surface area (Å²) in [4.78, 5) is 43.1. The first-order valence-corrected chi connectivity index (χ1v) is 7.43. The van der Waals surface area contributed by atoms with E-state index in [0.29, 0.717) is 11.4 Å². The molecule has 7 heteroatoms. The van der Waals surface area contributed by atoms with Gasteiger partial charge >= 0.3 is 11.9 Å². The molecule has 7 nitrogen and oxygen atoms in total. The molecule has 0 unspecified atom stereocenters. The maximum absolute atomic E-state index is 12.4. The van der Waals surface area contributed by atoms with E-state index in [0.717, 1.165) is 0 Å². The summed E-state index contributed by atoms with van der Waals surface area (Å²) < 4.78 is 9.97. The number of carbonyl (C=O) groups is 3. The van der Waals surface area contributed by atoms with Crippen LogP contribution in [0.25, 0.3) is 0 Å². The Hall–Kier alpha value is -2.96. The van der Waals surface area contributed by atoms with E-state index in [1.54, 1.807) is 32.9 Å². The van der Waals surface area contributed by atoms with E-state index in [1.807, 2.05) is 0 Å². The third-order valence-corrected chi connectivity index (χ3v) is 3.34. The molecule has 0 aliphatic carbocycles. The lowest BCUT2D eigenvalue weighted by Crippen LogP contribution is -2.18. The molecule has 2 rings (SSSR count). The topological polar surface area (TPSA) is 98.4 Å². The number of aryl methyl sites for hydroxylation is 2. The predicted molar refractivity (Wildman–Crippen MR) is 85.1 cm³/mol. The van der Waals surface area contributed by atoms with Crippen molar-refractivity contribution in [3.05, 3.63) is 52.6 Å². The van der Waals surface area contributed by atoms with Gasteiger partial charge in [-0.15, -0.1) is 0 Å². The Morgan fingerprint density at radius 1 is 1.04 bits per heavy atom. The number of aromatic nitrogens is 2. The summed E-state index contributed by atoms with van der Waals surface area (Å²) in [6.07, 6.45) is 1.46. The highest BCUT2D eigenvalue weighted by Crippen LogP contribution is 2.20. The predicted octanol–water partition coefficient (Wildman–Crippen LogP) is 2.24. The first-order chi connectivity index (χ1) is 11.5. The van der Waals surface area contributed by atoms with Gasteiger partial charge in [-0.2, -0.15) is 0 Å². The average Bonchev–Trinajstić information content (AvgIpc) is 2.87. The Morgan fingerprint density at radius 3 is 2.38 bits per heavy atom. The van der Waals surface area contributed by atoms with E-state index in [9.17, 15) is 14.4 Å². The van der Waals surface area contributed by atoms with E-state index < -0.39 is 24.3 Å². The molecule has 2 aromatic heterocycles. The van der Waals surface area contributed by atoms with Crippen LogP contribution in [0.1, 0.15) is 49.5 Å². The van der Waals surface area contributed by atoms with E-state index in [1.165, 1.54) is 12.3 Å². The molecule has 1 N–H and O–H groups in total. The molecule has 0 aliphatic heterocycles. The number of carbonyl (C=O) groups excluding carboxylic acids is 3. The Labute approximate surface area is 139 Å². The second-order valence-corrected chi connectivity index (χ2v) is 5.06. The van der Waals surface area contributed by atoms with Crippen LogP contribution in [-0.4, -0.2) is 40.9 Å². The SMILES string of the molecule is CCOC(=O)c1c(C)[nH]c(C)c1C(=O)COC(=O)c1ccccn1. The molecule has 0 aliphatic rings. The van der Waals surface area contributed by atoms with Crippen molar-refractivity contribution in [1.82, 2.24) is 9.97 Å². The number of hydrogen-bond acceptors (Lipinski definition) is 6. The van der Waals surface area contributed by atoms with Gasteiger partial charge in [0, 0.05) is 17.6 Å². The van der Waals surface area contributed by atoms with Crippen molar-refractivity contribution >= 4 is 17.7 Å². The average molecular weight is 330 g/mol. The molecule has 126 valence electrons. The van der Waals surface area contributed by atoms with Crippen LogP contribution in [0.3, 0.4) is 0 Å². The summed E-state index contributed by atoms with van der Waals surface area (Å²) in [5.74, 6) is -1.77. The normalized spacial score (nSPS) is 10.3. The van der Waals surface area contributed by atoms with Crippen molar-refractivity contribution in [1.29, 1.82) is 0 Å². The maximum atomic E-state index is 12.4. The molecule has 0 radical (unpaired) electrons. The van der Waals surface area contributed by atoms with Gasteiger partial charge in [0.15, 0.2) is 6.61 Å². The number of H-pyrrole nitrogens is 1. The minimum atomic E-state index is -0.702. The third kappa shape index (κ3) is 3.68. The summed E-state index contributed by atoms with van der Waals surface area (Å²) in [6.45, 7) is 4.74. The van der Waals surface area contributed by atoms with Crippen molar-refractivity contribution in [3.8, 4) is 0 Å². The van der Waals surface area contributed by atoms with Crippen molar-refractivity contribution in [2.24, 2.45) is 0 Å². The van der Waals surface area contributed by atoms with Gasteiger partial charge in [0.05, 0.1) is 17.7 Å². The number of esters is 2. The highest BCUT2D eigenvalue weighted by molar-refractivity contribution is 6.09. The van der Waals surface area contributed by atoms with Crippen LogP contribution in [0.2, 0.25) is 0 Å². The molecule has 0 amide bonds. The van der Waals surface area contributed by atoms with Gasteiger partial charge in [0.25, 0.3) is 0 Å². The number of Topliss-reactive ketones (excluding diaryl/α,β-unsaturated/α-hetero) is 1. The molecule has 0 saturated heterocycles. The largest absolute Gasteiger partial charge is 0.462 e. The monoisotopic (exact) mass is 330 g/mol. The van der Waals surface area contributed by atoms with Gasteiger partial charge < -0.3 is 14.5 Å². The molecule has 0 bridgehead atoms. The number of hydrogen-bond donors (Lipinski definition) is 1. The van der Waals surface area contributed by atoms with Crippen molar-refractivity contribution in [3.63, 3.8) is 0 Å². The van der Waals surface area contributed by atoms with Gasteiger partial charge in [-0.1, -0.05) is 6.07 Å². The second-order valence-electron chi connectivity index (χ2n) is 5.06. The smallest absolute Gasteiger partial charge is 0.357 e. The van der Waals surface area contributed by atoms with Crippen LogP contribution in [0, 0.1) is 13.8 Å². The number of nitrogens with zero attached hydrogens (tertiary/aromatic N) is 1. The van der Waals surface area contributed by atoms with E-state index in [4.69, 9.17) is 9.47 Å². The minimum absolute atomic E-state index is 0.109. The standard InChI is InChI=1S/C17H18N2O5/c1-4-23-17(22)15-11(3)19-10(2)14(15)13(20)9-24-16(21)12-7-5-6-8-18-12/h5-8,19H,4,9H2,1-3H3. The summed E-state index contributed by atoms with van der Waals surface area (Å²) in [5.41, 5.74) is 1.52. The zero-order valence-corrected chi connectivity index (χ0v) is 13.7. The van der Waals surface area contributed by atoms with Gasteiger partial charge in [-0.05, 0) is 32.9 Å². The molecule has 24 heavy (non-hydrogen) atoms. The molecule has 0 spiro atoms. The Kier molecular flexibility index (Phi) is 5.47. The zero-order chi connectivity index (χ0) is 17.7. The zero-order valence-electron chi connectivity index (χ0n) is 13.7. The lowest BCUT2D eigenvalue weighted by molar-refractivity contribution is 0.0466. The van der Waals surface area contributed by atoms with Crippen LogP contribution in [0.15, 0.2) is 24.4 Å². The van der Waals surface area contributed by atoms with Crippen molar-refractivity contribution in [2.45, 2.75) is 20.8 Å². The molecular weight excluding hydrogens is 312 g/mol. The number of rotatable bonds is 6. The molecule has 2 aromatic rings. The first kappa shape index (κ1) is 17.4. The summed E-state index contributed by atoms with van der Waals surface area (Å²) in [6, 6.07) is 4.80. The number of nitrogens with one attached hydrogen (secondary N) is 1. The van der Waals surface area contributed by atoms with Gasteiger partial charge in [-0.3, -0.25) is 4.79 Å². The highest BCUT2D eigenvalue weighted by Gasteiger charge is 2.26. The summed E-state index contributed by atoms with van der Waals surface area (Å²) >= 11 is 0. The molecule has 0 atom stereocenters. The lowest BCUT2D eigenvalue weighted by atomic mass is 10.1. The number of pyridine rings is 1. The van der Waals surface area contributed by atoms with Gasteiger partial charge in [0.2, 0.25) is 5.78 Å². The quantitative estimate of drug-likeness (QED) is 0.644. The molecule has 2 heterocycles. The van der Waals surface area contributed by atoms with E-state index >= 15 is 0 Å². The lowest BCUT2D eigenvalue weighted by Gasteiger charge is -2.07. The number of aromatic amines is 1. The van der Waals surface area contributed by atoms with Crippen LogP contribution < -0.4 is 0 Å². The molecule has 0 aromatic carbocycles. The molecular formula is C17H18N2O5. The minimum Gasteiger partial charge on any atom is -0.462 e. The number of ketones is 1. The summed E-state index contributed by atoms with van der Waals surface area (Å²) in [5, 5.41) is 0. The number of ether oxygens (including phenoxy) is 2. The highest BCUT2D eigenvalue weighted by atomic mass is 16.5. The Morgan fingerprint density at radius 2 is 1.75 bits per heavy atom.